The molecule has 0 aliphatic carbocycles. The number of hydrogen-bond acceptors (Lipinski definition) is 6. The van der Waals surface area contributed by atoms with Crippen LogP contribution in [0.2, 0.25) is 5.02 Å². The van der Waals surface area contributed by atoms with Crippen LogP contribution in [0.25, 0.3) is 0 Å². The van der Waals surface area contributed by atoms with Crippen LogP contribution in [-0.2, 0) is 0 Å². The van der Waals surface area contributed by atoms with Gasteiger partial charge in [0.15, 0.2) is 5.75 Å². The molecule has 0 aliphatic heterocycles. The number of halogens is 1. The van der Waals surface area contributed by atoms with E-state index < -0.39 is 4.92 Å². The minimum absolute atomic E-state index is 0.0927. The Balaban J connectivity index is 2.11. The van der Waals surface area contributed by atoms with Crippen LogP contribution in [-0.4, -0.2) is 24.9 Å². The molecule has 0 fully saturated rings. The van der Waals surface area contributed by atoms with Crippen LogP contribution in [0.5, 0.6) is 11.5 Å². The molecule has 8 heteroatoms. The highest BCUT2D eigenvalue weighted by Crippen LogP contribution is 2.28. The van der Waals surface area contributed by atoms with Gasteiger partial charge >= 0.3 is 5.69 Å². The third kappa shape index (κ3) is 5.09. The number of nitrogens with zero attached hydrogens (tertiary/aromatic N) is 2. The van der Waals surface area contributed by atoms with Crippen molar-refractivity contribution in [3.05, 3.63) is 57.1 Å². The summed E-state index contributed by atoms with van der Waals surface area (Å²) >= 11 is 6.03. The molecular formula is C17H18ClN3O4. The van der Waals surface area contributed by atoms with E-state index >= 15 is 0 Å². The van der Waals surface area contributed by atoms with Crippen molar-refractivity contribution in [1.29, 1.82) is 0 Å². The Kier molecular flexibility index (Phi) is 6.59. The van der Waals surface area contributed by atoms with Crippen LogP contribution in [0.1, 0.15) is 18.9 Å². The third-order valence-electron chi connectivity index (χ3n) is 3.20. The van der Waals surface area contributed by atoms with Crippen LogP contribution in [0, 0.1) is 10.1 Å². The second-order valence-corrected chi connectivity index (χ2v) is 5.46. The normalized spacial score (nSPS) is 10.7. The molecule has 132 valence electrons. The summed E-state index contributed by atoms with van der Waals surface area (Å²) in [7, 11) is 1.53. The van der Waals surface area contributed by atoms with Gasteiger partial charge in [0.05, 0.1) is 35.6 Å². The van der Waals surface area contributed by atoms with Gasteiger partial charge in [-0.05, 0) is 36.8 Å². The maximum atomic E-state index is 11.2. The lowest BCUT2D eigenvalue weighted by Crippen LogP contribution is -2.00. The molecule has 7 nitrogen and oxygen atoms in total. The second-order valence-electron chi connectivity index (χ2n) is 5.05. The van der Waals surface area contributed by atoms with E-state index in [9.17, 15) is 10.1 Å². The average molecular weight is 364 g/mol. The summed E-state index contributed by atoms with van der Waals surface area (Å²) in [6.45, 7) is 2.36. The van der Waals surface area contributed by atoms with E-state index in [2.05, 4.69) is 10.5 Å². The van der Waals surface area contributed by atoms with Gasteiger partial charge in [-0.1, -0.05) is 18.5 Å². The number of hydrazone groups is 1. The van der Waals surface area contributed by atoms with Gasteiger partial charge in [-0.2, -0.15) is 5.10 Å². The Morgan fingerprint density at radius 1 is 1.28 bits per heavy atom. The zero-order chi connectivity index (χ0) is 18.2. The van der Waals surface area contributed by atoms with E-state index in [0.29, 0.717) is 28.6 Å². The van der Waals surface area contributed by atoms with Gasteiger partial charge in [0, 0.05) is 11.6 Å². The number of anilines is 1. The van der Waals surface area contributed by atoms with Crippen molar-refractivity contribution in [2.24, 2.45) is 5.10 Å². The third-order valence-corrected chi connectivity index (χ3v) is 3.50. The monoisotopic (exact) mass is 363 g/mol. The van der Waals surface area contributed by atoms with Gasteiger partial charge < -0.3 is 9.47 Å². The standard InChI is InChI=1S/C17H18ClN3O4/c1-3-8-25-17-6-4-12(9-15(17)21(22)23)11-19-20-13-5-7-16(24-2)14(18)10-13/h4-7,9-11,20H,3,8H2,1-2H3/b19-11+. The van der Waals surface area contributed by atoms with Gasteiger partial charge in [0.25, 0.3) is 0 Å². The molecule has 1 N–H and O–H groups in total. The van der Waals surface area contributed by atoms with E-state index in [1.54, 1.807) is 30.3 Å². The Hall–Kier alpha value is -2.80. The van der Waals surface area contributed by atoms with E-state index in [4.69, 9.17) is 21.1 Å². The molecule has 2 aromatic rings. The van der Waals surface area contributed by atoms with Crippen molar-refractivity contribution in [2.45, 2.75) is 13.3 Å². The van der Waals surface area contributed by atoms with Crippen LogP contribution < -0.4 is 14.9 Å². The zero-order valence-electron chi connectivity index (χ0n) is 13.9. The molecule has 0 amide bonds. The SMILES string of the molecule is CCCOc1ccc(/C=N/Nc2ccc(OC)c(Cl)c2)cc1[N+](=O)[O-]. The largest absolute Gasteiger partial charge is 0.495 e. The van der Waals surface area contributed by atoms with Crippen molar-refractivity contribution in [3.8, 4) is 11.5 Å². The summed E-state index contributed by atoms with van der Waals surface area (Å²) in [5, 5.41) is 15.7. The van der Waals surface area contributed by atoms with Crippen LogP contribution in [0.15, 0.2) is 41.5 Å². The summed E-state index contributed by atoms with van der Waals surface area (Å²) in [6.07, 6.45) is 2.25. The molecule has 0 saturated heterocycles. The van der Waals surface area contributed by atoms with Crippen molar-refractivity contribution in [2.75, 3.05) is 19.1 Å². The predicted molar refractivity (Wildman–Crippen MR) is 98.1 cm³/mol. The fraction of sp³-hybridized carbons (Fsp3) is 0.235. The fourth-order valence-electron chi connectivity index (χ4n) is 2.01. The number of rotatable bonds is 8. The molecule has 2 aromatic carbocycles. The summed E-state index contributed by atoms with van der Waals surface area (Å²) in [5.74, 6) is 0.813. The van der Waals surface area contributed by atoms with Crippen molar-refractivity contribution in [1.82, 2.24) is 0 Å². The van der Waals surface area contributed by atoms with E-state index in [1.165, 1.54) is 19.4 Å². The number of methoxy groups -OCH3 is 1. The van der Waals surface area contributed by atoms with Gasteiger partial charge in [0.1, 0.15) is 5.75 Å². The fourth-order valence-corrected chi connectivity index (χ4v) is 2.27. The summed E-state index contributed by atoms with van der Waals surface area (Å²) in [5.41, 5.74) is 3.96. The molecule has 0 unspecified atom stereocenters. The second kappa shape index (κ2) is 8.89. The highest BCUT2D eigenvalue weighted by molar-refractivity contribution is 6.32. The molecule has 0 saturated carbocycles. The topological polar surface area (TPSA) is 86.0 Å². The first-order valence-electron chi connectivity index (χ1n) is 7.59. The molecule has 0 bridgehead atoms. The van der Waals surface area contributed by atoms with Crippen molar-refractivity contribution < 1.29 is 14.4 Å². The summed E-state index contributed by atoms with van der Waals surface area (Å²) in [4.78, 5) is 10.7. The van der Waals surface area contributed by atoms with Crippen LogP contribution in [0.4, 0.5) is 11.4 Å². The molecule has 0 heterocycles. The molecule has 0 spiro atoms. The van der Waals surface area contributed by atoms with Crippen LogP contribution >= 0.6 is 11.6 Å². The maximum Gasteiger partial charge on any atom is 0.311 e. The lowest BCUT2D eigenvalue weighted by atomic mass is 10.2. The lowest BCUT2D eigenvalue weighted by Gasteiger charge is -2.06. The highest BCUT2D eigenvalue weighted by atomic mass is 35.5. The molecular weight excluding hydrogens is 346 g/mol. The highest BCUT2D eigenvalue weighted by Gasteiger charge is 2.15. The van der Waals surface area contributed by atoms with E-state index in [-0.39, 0.29) is 11.4 Å². The number of hydrogen-bond donors (Lipinski definition) is 1. The van der Waals surface area contributed by atoms with Crippen LogP contribution in [0.3, 0.4) is 0 Å². The molecule has 0 aromatic heterocycles. The predicted octanol–water partition coefficient (Wildman–Crippen LogP) is 4.49. The summed E-state index contributed by atoms with van der Waals surface area (Å²) in [6, 6.07) is 9.82. The van der Waals surface area contributed by atoms with Gasteiger partial charge in [-0.25, -0.2) is 0 Å². The maximum absolute atomic E-state index is 11.2. The Labute approximate surface area is 150 Å². The molecule has 0 radical (unpaired) electrons. The smallest absolute Gasteiger partial charge is 0.311 e. The number of nitrogens with one attached hydrogen (secondary N) is 1. The number of nitro groups is 1. The quantitative estimate of drug-likeness (QED) is 0.424. The Bertz CT molecular complexity index is 780. The van der Waals surface area contributed by atoms with Gasteiger partial charge in [0.2, 0.25) is 0 Å². The average Bonchev–Trinajstić information content (AvgIpc) is 2.60. The van der Waals surface area contributed by atoms with E-state index in [0.717, 1.165) is 6.42 Å². The Morgan fingerprint density at radius 3 is 2.68 bits per heavy atom. The minimum atomic E-state index is -0.473. The first-order chi connectivity index (χ1) is 12.0. The molecule has 0 atom stereocenters. The molecule has 0 aliphatic rings. The first kappa shape index (κ1) is 18.5. The van der Waals surface area contributed by atoms with Crippen molar-refractivity contribution in [3.63, 3.8) is 0 Å². The molecule has 25 heavy (non-hydrogen) atoms. The zero-order valence-corrected chi connectivity index (χ0v) is 14.6. The number of benzene rings is 2. The van der Waals surface area contributed by atoms with Gasteiger partial charge in [-0.15, -0.1) is 0 Å². The number of ether oxygens (including phenoxy) is 2. The first-order valence-corrected chi connectivity index (χ1v) is 7.96. The molecule has 2 rings (SSSR count). The van der Waals surface area contributed by atoms with Crippen molar-refractivity contribution >= 4 is 29.2 Å². The van der Waals surface area contributed by atoms with Gasteiger partial charge in [-0.3, -0.25) is 15.5 Å². The minimum Gasteiger partial charge on any atom is -0.495 e. The lowest BCUT2D eigenvalue weighted by molar-refractivity contribution is -0.385. The summed E-state index contributed by atoms with van der Waals surface area (Å²) < 4.78 is 10.5. The Morgan fingerprint density at radius 2 is 2.04 bits per heavy atom. The van der Waals surface area contributed by atoms with E-state index in [1.807, 2.05) is 6.92 Å². The number of nitro benzene ring substituents is 1.